The Morgan fingerprint density at radius 3 is 2.79 bits per heavy atom. The number of halogens is 1. The molecule has 4 nitrogen and oxygen atoms in total. The zero-order chi connectivity index (χ0) is 20.8. The molecule has 2 N–H and O–H groups in total. The van der Waals surface area contributed by atoms with Gasteiger partial charge in [-0.15, -0.1) is 11.3 Å². The maximum absolute atomic E-state index is 12.5. The summed E-state index contributed by atoms with van der Waals surface area (Å²) < 4.78 is 2.80. The number of aryl methyl sites for hydroxylation is 1. The Balaban J connectivity index is 1.80. The summed E-state index contributed by atoms with van der Waals surface area (Å²) in [7, 11) is 0. The minimum absolute atomic E-state index is 0.0500. The number of nitrogens with one attached hydrogen (secondary N) is 1. The van der Waals surface area contributed by atoms with Crippen molar-refractivity contribution in [3.05, 3.63) is 62.1 Å². The van der Waals surface area contributed by atoms with Crippen LogP contribution in [0, 0.1) is 16.4 Å². The molecule has 0 spiro atoms. The minimum atomic E-state index is -0.0776. The molecule has 3 rings (SSSR count). The second kappa shape index (κ2) is 10.0. The Morgan fingerprint density at radius 2 is 2.10 bits per heavy atom. The van der Waals surface area contributed by atoms with Gasteiger partial charge >= 0.3 is 0 Å². The number of nitrogens with zero attached hydrogens (tertiary/aromatic N) is 1. The summed E-state index contributed by atoms with van der Waals surface area (Å²) in [6.07, 6.45) is 2.64. The first kappa shape index (κ1) is 21.5. The lowest BCUT2D eigenvalue weighted by Crippen LogP contribution is -2.24. The predicted octanol–water partition coefficient (Wildman–Crippen LogP) is 4.70. The van der Waals surface area contributed by atoms with Crippen molar-refractivity contribution in [1.82, 2.24) is 9.88 Å². The number of aromatic nitrogens is 1. The normalized spacial score (nSPS) is 10.6. The lowest BCUT2D eigenvalue weighted by Gasteiger charge is -2.10. The van der Waals surface area contributed by atoms with Crippen molar-refractivity contribution in [2.75, 3.05) is 6.61 Å². The number of thiophene rings is 1. The third-order valence-electron chi connectivity index (χ3n) is 4.36. The number of rotatable bonds is 6. The molecule has 0 aliphatic rings. The van der Waals surface area contributed by atoms with Gasteiger partial charge in [-0.3, -0.25) is 4.79 Å². The molecule has 3 aromatic rings. The number of amides is 1. The highest BCUT2D eigenvalue weighted by Crippen LogP contribution is 2.28. The van der Waals surface area contributed by atoms with Crippen LogP contribution in [0.3, 0.4) is 0 Å². The lowest BCUT2D eigenvalue weighted by molar-refractivity contribution is -0.120. The average Bonchev–Trinajstić information content (AvgIpc) is 3.14. The van der Waals surface area contributed by atoms with E-state index in [2.05, 4.69) is 28.6 Å². The van der Waals surface area contributed by atoms with Gasteiger partial charge in [0, 0.05) is 36.1 Å². The lowest BCUT2D eigenvalue weighted by atomic mass is 10.1. The number of benzene rings is 1. The zero-order valence-corrected chi connectivity index (χ0v) is 18.4. The van der Waals surface area contributed by atoms with Gasteiger partial charge in [0.05, 0.1) is 22.4 Å². The van der Waals surface area contributed by atoms with Crippen LogP contribution in [0.15, 0.2) is 36.5 Å². The summed E-state index contributed by atoms with van der Waals surface area (Å²) >= 11 is 13.1. The SMILES string of the molecule is CCn1cc(CC(=O)NCc2ccc(Cl)cc2)c(=S)c2cc(C#CCCO)sc21. The highest BCUT2D eigenvalue weighted by atomic mass is 35.5. The molecule has 29 heavy (non-hydrogen) atoms. The fourth-order valence-electron chi connectivity index (χ4n) is 2.90. The van der Waals surface area contributed by atoms with Gasteiger partial charge in [-0.2, -0.15) is 0 Å². The molecule has 0 radical (unpaired) electrons. The van der Waals surface area contributed by atoms with Crippen LogP contribution in [0.4, 0.5) is 0 Å². The van der Waals surface area contributed by atoms with Gasteiger partial charge in [0.2, 0.25) is 5.91 Å². The molecule has 0 atom stereocenters. The Hall–Kier alpha value is -2.17. The molecule has 0 saturated carbocycles. The van der Waals surface area contributed by atoms with Crippen LogP contribution in [-0.2, 0) is 24.3 Å². The summed E-state index contributed by atoms with van der Waals surface area (Å²) in [4.78, 5) is 14.4. The summed E-state index contributed by atoms with van der Waals surface area (Å²) in [5.74, 6) is 5.95. The molecule has 0 aliphatic heterocycles. The molecule has 1 aromatic carbocycles. The van der Waals surface area contributed by atoms with Crippen LogP contribution in [-0.4, -0.2) is 22.2 Å². The monoisotopic (exact) mass is 444 g/mol. The van der Waals surface area contributed by atoms with E-state index in [1.165, 1.54) is 0 Å². The van der Waals surface area contributed by atoms with E-state index >= 15 is 0 Å². The molecule has 7 heteroatoms. The molecular weight excluding hydrogens is 424 g/mol. The van der Waals surface area contributed by atoms with Gasteiger partial charge in [-0.05, 0) is 36.2 Å². The van der Waals surface area contributed by atoms with E-state index in [0.29, 0.717) is 22.5 Å². The molecule has 2 heterocycles. The van der Waals surface area contributed by atoms with Crippen LogP contribution in [0.1, 0.15) is 29.3 Å². The zero-order valence-electron chi connectivity index (χ0n) is 16.0. The second-order valence-corrected chi connectivity index (χ2v) is 8.33. The molecule has 150 valence electrons. The molecule has 2 aromatic heterocycles. The van der Waals surface area contributed by atoms with E-state index in [4.69, 9.17) is 28.9 Å². The largest absolute Gasteiger partial charge is 0.395 e. The standard InChI is InChI=1S/C22H21ClN2O2S2/c1-2-25-14-16(11-20(27)24-13-15-6-8-17(23)9-7-15)21(28)19-12-18(29-22(19)25)5-3-4-10-26/h6-9,12,14,26H,2,4,10-11,13H2,1H3,(H,24,27). The number of carbonyl (C=O) groups excluding carboxylic acids is 1. The van der Waals surface area contributed by atoms with Crippen molar-refractivity contribution in [1.29, 1.82) is 0 Å². The van der Waals surface area contributed by atoms with Crippen LogP contribution in [0.25, 0.3) is 10.2 Å². The summed E-state index contributed by atoms with van der Waals surface area (Å²) in [6, 6.07) is 9.38. The van der Waals surface area contributed by atoms with Crippen molar-refractivity contribution in [3.8, 4) is 11.8 Å². The van der Waals surface area contributed by atoms with Gasteiger partial charge in [0.1, 0.15) is 4.83 Å². The van der Waals surface area contributed by atoms with E-state index in [9.17, 15) is 4.79 Å². The summed E-state index contributed by atoms with van der Waals surface area (Å²) in [5.41, 5.74) is 1.82. The van der Waals surface area contributed by atoms with Crippen LogP contribution in [0.2, 0.25) is 5.02 Å². The number of carbonyl (C=O) groups is 1. The van der Waals surface area contributed by atoms with Crippen LogP contribution in [0.5, 0.6) is 0 Å². The van der Waals surface area contributed by atoms with E-state index in [1.807, 2.05) is 24.4 Å². The Morgan fingerprint density at radius 1 is 1.34 bits per heavy atom. The summed E-state index contributed by atoms with van der Waals surface area (Å²) in [6.45, 7) is 3.33. The van der Waals surface area contributed by atoms with E-state index in [1.54, 1.807) is 23.5 Å². The smallest absolute Gasteiger partial charge is 0.224 e. The first-order valence-electron chi connectivity index (χ1n) is 9.28. The van der Waals surface area contributed by atoms with Crippen molar-refractivity contribution in [3.63, 3.8) is 0 Å². The van der Waals surface area contributed by atoms with Crippen molar-refractivity contribution in [2.45, 2.75) is 32.9 Å². The molecule has 1 amide bonds. The van der Waals surface area contributed by atoms with Crippen LogP contribution >= 0.6 is 35.2 Å². The topological polar surface area (TPSA) is 54.3 Å². The van der Waals surface area contributed by atoms with Gasteiger partial charge in [-0.1, -0.05) is 47.8 Å². The van der Waals surface area contributed by atoms with Crippen molar-refractivity contribution in [2.24, 2.45) is 0 Å². The third kappa shape index (κ3) is 5.46. The molecular formula is C22H21ClN2O2S2. The number of hydrogen-bond acceptors (Lipinski definition) is 4. The first-order chi connectivity index (χ1) is 14.0. The van der Waals surface area contributed by atoms with Gasteiger partial charge in [0.25, 0.3) is 0 Å². The van der Waals surface area contributed by atoms with E-state index < -0.39 is 0 Å². The molecule has 0 unspecified atom stereocenters. The number of aliphatic hydroxyl groups excluding tert-OH is 1. The maximum Gasteiger partial charge on any atom is 0.224 e. The Kier molecular flexibility index (Phi) is 7.45. The fraction of sp³-hybridized carbons (Fsp3) is 0.273. The quantitative estimate of drug-likeness (QED) is 0.428. The van der Waals surface area contributed by atoms with Gasteiger partial charge in [-0.25, -0.2) is 0 Å². The molecule has 0 bridgehead atoms. The third-order valence-corrected chi connectivity index (χ3v) is 6.19. The molecule has 0 aliphatic carbocycles. The van der Waals surface area contributed by atoms with Crippen molar-refractivity contribution >= 4 is 51.3 Å². The fourth-order valence-corrected chi connectivity index (χ4v) is 4.45. The van der Waals surface area contributed by atoms with E-state index in [0.717, 1.165) is 32.8 Å². The summed E-state index contributed by atoms with van der Waals surface area (Å²) in [5, 5.41) is 13.5. The minimum Gasteiger partial charge on any atom is -0.395 e. The predicted molar refractivity (Wildman–Crippen MR) is 122 cm³/mol. The first-order valence-corrected chi connectivity index (χ1v) is 10.9. The molecule has 0 fully saturated rings. The van der Waals surface area contributed by atoms with Gasteiger partial charge in [0.15, 0.2) is 0 Å². The number of hydrogen-bond donors (Lipinski definition) is 2. The highest BCUT2D eigenvalue weighted by molar-refractivity contribution is 7.71. The van der Waals surface area contributed by atoms with E-state index in [-0.39, 0.29) is 18.9 Å². The maximum atomic E-state index is 12.5. The number of pyridine rings is 1. The average molecular weight is 445 g/mol. The second-order valence-electron chi connectivity index (χ2n) is 6.45. The van der Waals surface area contributed by atoms with Crippen molar-refractivity contribution < 1.29 is 9.90 Å². The number of fused-ring (bicyclic) bond motifs is 1. The Labute approximate surface area is 184 Å². The number of aliphatic hydroxyl groups is 1. The molecule has 0 saturated heterocycles. The van der Waals surface area contributed by atoms with Gasteiger partial charge < -0.3 is 15.0 Å². The highest BCUT2D eigenvalue weighted by Gasteiger charge is 2.12. The Bertz CT molecular complexity index is 1140. The van der Waals surface area contributed by atoms with Crippen LogP contribution < -0.4 is 5.32 Å².